The summed E-state index contributed by atoms with van der Waals surface area (Å²) in [5.41, 5.74) is 1.29. The quantitative estimate of drug-likeness (QED) is 0.822. The molecule has 0 saturated carbocycles. The molecular formula is C14H19N3OS. The first-order valence-corrected chi connectivity index (χ1v) is 7.43. The summed E-state index contributed by atoms with van der Waals surface area (Å²) in [5, 5.41) is 7.12. The number of nitrogens with one attached hydrogen (secondary N) is 1. The van der Waals surface area contributed by atoms with Crippen LogP contribution in [-0.4, -0.2) is 17.2 Å². The van der Waals surface area contributed by atoms with E-state index in [1.165, 1.54) is 10.5 Å². The zero-order chi connectivity index (χ0) is 13.7. The van der Waals surface area contributed by atoms with Crippen LogP contribution in [0.5, 0.6) is 0 Å². The first kappa shape index (κ1) is 14.1. The van der Waals surface area contributed by atoms with Gasteiger partial charge in [-0.05, 0) is 31.7 Å². The Morgan fingerprint density at radius 2 is 2.05 bits per heavy atom. The molecule has 19 heavy (non-hydrogen) atoms. The van der Waals surface area contributed by atoms with E-state index in [-0.39, 0.29) is 0 Å². The summed E-state index contributed by atoms with van der Waals surface area (Å²) in [7, 11) is 1.97. The van der Waals surface area contributed by atoms with Gasteiger partial charge in [-0.1, -0.05) is 24.2 Å². The van der Waals surface area contributed by atoms with Gasteiger partial charge >= 0.3 is 0 Å². The number of hydrogen-bond donors (Lipinski definition) is 1. The van der Waals surface area contributed by atoms with Crippen LogP contribution in [0.2, 0.25) is 0 Å². The Morgan fingerprint density at radius 1 is 1.32 bits per heavy atom. The zero-order valence-electron chi connectivity index (χ0n) is 11.5. The lowest BCUT2D eigenvalue weighted by Gasteiger charge is -2.10. The van der Waals surface area contributed by atoms with E-state index in [9.17, 15) is 0 Å². The minimum Gasteiger partial charge on any atom is -0.338 e. The highest BCUT2D eigenvalue weighted by Gasteiger charge is 2.06. The predicted molar refractivity (Wildman–Crippen MR) is 77.2 cm³/mol. The molecule has 1 unspecified atom stereocenters. The topological polar surface area (TPSA) is 51.0 Å². The van der Waals surface area contributed by atoms with Gasteiger partial charge in [0, 0.05) is 17.4 Å². The van der Waals surface area contributed by atoms with Gasteiger partial charge in [-0.3, -0.25) is 0 Å². The van der Waals surface area contributed by atoms with Crippen molar-refractivity contribution in [2.45, 2.75) is 37.0 Å². The van der Waals surface area contributed by atoms with Gasteiger partial charge in [0.25, 0.3) is 0 Å². The highest BCUT2D eigenvalue weighted by atomic mass is 32.2. The lowest BCUT2D eigenvalue weighted by atomic mass is 10.1. The second-order valence-corrected chi connectivity index (χ2v) is 5.37. The van der Waals surface area contributed by atoms with E-state index < -0.39 is 0 Å². The van der Waals surface area contributed by atoms with Crippen molar-refractivity contribution in [1.82, 2.24) is 15.5 Å². The summed E-state index contributed by atoms with van der Waals surface area (Å²) in [6.45, 7) is 4.16. The molecule has 5 heteroatoms. The molecule has 1 aromatic heterocycles. The summed E-state index contributed by atoms with van der Waals surface area (Å²) in [5.74, 6) is 2.18. The minimum atomic E-state index is 0.377. The van der Waals surface area contributed by atoms with E-state index in [1.807, 2.05) is 14.0 Å². The van der Waals surface area contributed by atoms with Crippen LogP contribution in [0.4, 0.5) is 0 Å². The third kappa shape index (κ3) is 3.81. The minimum absolute atomic E-state index is 0.377. The lowest BCUT2D eigenvalue weighted by molar-refractivity contribution is 0.385. The summed E-state index contributed by atoms with van der Waals surface area (Å²) in [6.07, 6.45) is 0.810. The van der Waals surface area contributed by atoms with E-state index in [0.717, 1.165) is 12.2 Å². The monoisotopic (exact) mass is 277 g/mol. The van der Waals surface area contributed by atoms with Crippen molar-refractivity contribution < 1.29 is 4.52 Å². The summed E-state index contributed by atoms with van der Waals surface area (Å²) < 4.78 is 5.16. The smallest absolute Gasteiger partial charge is 0.237 e. The largest absolute Gasteiger partial charge is 0.338 e. The van der Waals surface area contributed by atoms with Gasteiger partial charge < -0.3 is 9.84 Å². The maximum atomic E-state index is 5.16. The molecule has 0 aliphatic rings. The van der Waals surface area contributed by atoms with Crippen molar-refractivity contribution in [3.63, 3.8) is 0 Å². The standard InChI is InChI=1S/C14H19N3OS/c1-4-13-16-14(18-17-13)9-19-12-7-5-11(6-8-12)10(2)15-3/h5-8,10,15H,4,9H2,1-3H3. The number of thioether (sulfide) groups is 1. The van der Waals surface area contributed by atoms with Crippen molar-refractivity contribution in [3.05, 3.63) is 41.5 Å². The van der Waals surface area contributed by atoms with Crippen molar-refractivity contribution >= 4 is 11.8 Å². The highest BCUT2D eigenvalue weighted by Crippen LogP contribution is 2.23. The molecule has 1 atom stereocenters. The molecular weight excluding hydrogens is 258 g/mol. The average molecular weight is 277 g/mol. The normalized spacial score (nSPS) is 12.6. The fraction of sp³-hybridized carbons (Fsp3) is 0.429. The fourth-order valence-electron chi connectivity index (χ4n) is 1.66. The number of aromatic nitrogens is 2. The maximum absolute atomic E-state index is 5.16. The Kier molecular flexibility index (Phi) is 4.99. The van der Waals surface area contributed by atoms with Crippen molar-refractivity contribution in [2.24, 2.45) is 0 Å². The molecule has 1 heterocycles. The van der Waals surface area contributed by atoms with Crippen molar-refractivity contribution in [1.29, 1.82) is 0 Å². The molecule has 0 amide bonds. The Hall–Kier alpha value is -1.33. The van der Waals surface area contributed by atoms with Gasteiger partial charge in [0.15, 0.2) is 5.82 Å². The molecule has 0 bridgehead atoms. The Morgan fingerprint density at radius 3 is 2.63 bits per heavy atom. The van der Waals surface area contributed by atoms with Crippen LogP contribution in [0.3, 0.4) is 0 Å². The number of aryl methyl sites for hydroxylation is 1. The van der Waals surface area contributed by atoms with E-state index in [1.54, 1.807) is 11.8 Å². The first-order valence-electron chi connectivity index (χ1n) is 6.44. The van der Waals surface area contributed by atoms with Crippen molar-refractivity contribution in [3.8, 4) is 0 Å². The zero-order valence-corrected chi connectivity index (χ0v) is 12.3. The molecule has 0 spiro atoms. The van der Waals surface area contributed by atoms with E-state index in [2.05, 4.69) is 46.6 Å². The molecule has 1 N–H and O–H groups in total. The Balaban J connectivity index is 1.92. The molecule has 2 rings (SSSR count). The summed E-state index contributed by atoms with van der Waals surface area (Å²) >= 11 is 1.71. The third-order valence-electron chi connectivity index (χ3n) is 3.00. The predicted octanol–water partition coefficient (Wildman–Crippen LogP) is 3.20. The summed E-state index contributed by atoms with van der Waals surface area (Å²) in [4.78, 5) is 5.51. The lowest BCUT2D eigenvalue weighted by Crippen LogP contribution is -2.11. The first-order chi connectivity index (χ1) is 9.22. The van der Waals surface area contributed by atoms with Gasteiger partial charge in [0.2, 0.25) is 5.89 Å². The van der Waals surface area contributed by atoms with Gasteiger partial charge in [0.1, 0.15) is 0 Å². The Labute approximate surface area is 118 Å². The van der Waals surface area contributed by atoms with Crippen LogP contribution < -0.4 is 5.32 Å². The van der Waals surface area contributed by atoms with E-state index in [4.69, 9.17) is 4.52 Å². The molecule has 2 aromatic rings. The summed E-state index contributed by atoms with van der Waals surface area (Å²) in [6, 6.07) is 8.93. The number of nitrogens with zero attached hydrogens (tertiary/aromatic N) is 2. The van der Waals surface area contributed by atoms with E-state index >= 15 is 0 Å². The maximum Gasteiger partial charge on any atom is 0.237 e. The molecule has 102 valence electrons. The second-order valence-electron chi connectivity index (χ2n) is 4.33. The molecule has 0 fully saturated rings. The van der Waals surface area contributed by atoms with Crippen LogP contribution in [-0.2, 0) is 12.2 Å². The van der Waals surface area contributed by atoms with E-state index in [0.29, 0.717) is 17.7 Å². The number of rotatable bonds is 6. The Bertz CT molecular complexity index is 510. The third-order valence-corrected chi connectivity index (χ3v) is 4.00. The SMILES string of the molecule is CCc1noc(CSc2ccc(C(C)NC)cc2)n1. The van der Waals surface area contributed by atoms with Gasteiger partial charge in [-0.25, -0.2) is 0 Å². The van der Waals surface area contributed by atoms with Gasteiger partial charge in [-0.2, -0.15) is 4.98 Å². The number of benzene rings is 1. The van der Waals surface area contributed by atoms with Crippen molar-refractivity contribution in [2.75, 3.05) is 7.05 Å². The number of hydrogen-bond acceptors (Lipinski definition) is 5. The molecule has 0 radical (unpaired) electrons. The molecule has 0 aliphatic carbocycles. The van der Waals surface area contributed by atoms with Crippen LogP contribution in [0.25, 0.3) is 0 Å². The second kappa shape index (κ2) is 6.73. The average Bonchev–Trinajstić information content (AvgIpc) is 2.93. The van der Waals surface area contributed by atoms with Crippen LogP contribution in [0.1, 0.15) is 37.2 Å². The van der Waals surface area contributed by atoms with Gasteiger partial charge in [0.05, 0.1) is 5.75 Å². The highest BCUT2D eigenvalue weighted by molar-refractivity contribution is 7.98. The van der Waals surface area contributed by atoms with Gasteiger partial charge in [-0.15, -0.1) is 11.8 Å². The van der Waals surface area contributed by atoms with Crippen LogP contribution in [0.15, 0.2) is 33.7 Å². The van der Waals surface area contributed by atoms with Crippen LogP contribution in [0, 0.1) is 0 Å². The molecule has 1 aromatic carbocycles. The van der Waals surface area contributed by atoms with Crippen LogP contribution >= 0.6 is 11.8 Å². The molecule has 4 nitrogen and oxygen atoms in total. The molecule has 0 aliphatic heterocycles. The molecule has 0 saturated heterocycles. The fourth-order valence-corrected chi connectivity index (χ4v) is 2.39.